The Labute approximate surface area is 281 Å². The van der Waals surface area contributed by atoms with Gasteiger partial charge in [0, 0.05) is 49.5 Å². The summed E-state index contributed by atoms with van der Waals surface area (Å²) in [6.45, 7) is 10.8. The van der Waals surface area contributed by atoms with Crippen molar-refractivity contribution < 1.29 is 27.8 Å². The van der Waals surface area contributed by atoms with Gasteiger partial charge in [0.1, 0.15) is 23.5 Å². The number of hydrogen-bond donors (Lipinski definition) is 0. The number of aliphatic imine (C=N–C) groups is 2. The molecule has 4 atom stereocenters. The first-order valence-corrected chi connectivity index (χ1v) is 16.6. The minimum Gasteiger partial charge on any atom is -0.444 e. The van der Waals surface area contributed by atoms with Gasteiger partial charge in [-0.05, 0) is 74.9 Å². The number of nitrogens with zero attached hydrogens (tertiary/aromatic N) is 4. The van der Waals surface area contributed by atoms with E-state index in [9.17, 15) is 18.4 Å². The fourth-order valence-electron chi connectivity index (χ4n) is 6.65. The summed E-state index contributed by atoms with van der Waals surface area (Å²) in [6, 6.07) is 15.7. The Morgan fingerprint density at radius 1 is 0.625 bits per heavy atom. The van der Waals surface area contributed by atoms with Crippen molar-refractivity contribution in [2.75, 3.05) is 13.1 Å². The molecule has 0 N–H and O–H groups in total. The van der Waals surface area contributed by atoms with E-state index in [1.54, 1.807) is 41.5 Å². The van der Waals surface area contributed by atoms with Crippen molar-refractivity contribution in [3.05, 3.63) is 72.1 Å². The van der Waals surface area contributed by atoms with E-state index in [2.05, 4.69) is 58.5 Å². The van der Waals surface area contributed by atoms with Crippen LogP contribution in [0.2, 0.25) is 0 Å². The fourth-order valence-corrected chi connectivity index (χ4v) is 6.65. The van der Waals surface area contributed by atoms with Gasteiger partial charge in [0.2, 0.25) is 0 Å². The number of amides is 2. The molecule has 8 nitrogen and oxygen atoms in total. The molecule has 0 bridgehead atoms. The Hall–Kier alpha value is -4.34. The third kappa shape index (κ3) is 7.53. The summed E-state index contributed by atoms with van der Waals surface area (Å²) in [5.41, 5.74) is 6.45. The van der Waals surface area contributed by atoms with Crippen LogP contribution in [-0.4, -0.2) is 82.1 Å². The van der Waals surface area contributed by atoms with Crippen molar-refractivity contribution >= 4 is 34.8 Å². The lowest BCUT2D eigenvalue weighted by atomic mass is 9.95. The number of rotatable bonds is 5. The maximum Gasteiger partial charge on any atom is 0.410 e. The predicted octanol–water partition coefficient (Wildman–Crippen LogP) is 8.42. The first-order valence-electron chi connectivity index (χ1n) is 16.6. The first-order chi connectivity index (χ1) is 22.6. The monoisotopic (exact) mass is 658 g/mol. The third-order valence-corrected chi connectivity index (χ3v) is 8.89. The van der Waals surface area contributed by atoms with E-state index in [-0.39, 0.29) is 25.9 Å². The molecular formula is C38H44F2N4O4. The summed E-state index contributed by atoms with van der Waals surface area (Å²) in [5, 5.41) is 0. The standard InChI is InChI=1S/C38H44F2N4O4/c1-37(2,3)47-35(45)43-21-29(39)17-33(43)31-15-27(19-41-31)25-11-7-23(8-12-25)24-9-13-26(14-10-24)28-16-32(42-20-28)34-18-30(40)22-44(34)36(46)48-38(4,5)6/h7-14,19-20,29-30,33-34H,15-18,21-22H2,1-6H3/t29-,30-,33-,34?/m0/s1. The number of benzene rings is 2. The average molecular weight is 659 g/mol. The lowest BCUT2D eigenvalue weighted by molar-refractivity contribution is 0.0246. The van der Waals surface area contributed by atoms with Crippen LogP contribution >= 0.6 is 0 Å². The fraction of sp³-hybridized carbons (Fsp3) is 0.474. The summed E-state index contributed by atoms with van der Waals surface area (Å²) in [6.07, 6.45) is 1.94. The van der Waals surface area contributed by atoms with E-state index in [4.69, 9.17) is 9.47 Å². The van der Waals surface area contributed by atoms with Crippen LogP contribution in [0.5, 0.6) is 0 Å². The van der Waals surface area contributed by atoms with Gasteiger partial charge in [-0.25, -0.2) is 18.4 Å². The minimum absolute atomic E-state index is 0.0136. The van der Waals surface area contributed by atoms with Gasteiger partial charge in [0.25, 0.3) is 0 Å². The highest BCUT2D eigenvalue weighted by Crippen LogP contribution is 2.35. The van der Waals surface area contributed by atoms with Gasteiger partial charge in [-0.3, -0.25) is 19.8 Å². The van der Waals surface area contributed by atoms with E-state index in [1.807, 2.05) is 12.4 Å². The second kappa shape index (κ2) is 12.9. The Kier molecular flexibility index (Phi) is 9.04. The summed E-state index contributed by atoms with van der Waals surface area (Å²) in [7, 11) is 0. The van der Waals surface area contributed by atoms with Crippen LogP contribution in [-0.2, 0) is 9.47 Å². The van der Waals surface area contributed by atoms with Gasteiger partial charge in [-0.2, -0.15) is 0 Å². The summed E-state index contributed by atoms with van der Waals surface area (Å²) < 4.78 is 39.9. The van der Waals surface area contributed by atoms with Gasteiger partial charge in [-0.1, -0.05) is 48.5 Å². The predicted molar refractivity (Wildman–Crippen MR) is 184 cm³/mol. The topological polar surface area (TPSA) is 83.8 Å². The number of allylic oxidation sites excluding steroid dienone is 2. The molecule has 0 spiro atoms. The minimum atomic E-state index is -1.11. The Bertz CT molecular complexity index is 1560. The van der Waals surface area contributed by atoms with Gasteiger partial charge >= 0.3 is 12.2 Å². The van der Waals surface area contributed by atoms with E-state index in [1.165, 1.54) is 9.80 Å². The molecule has 1 unspecified atom stereocenters. The molecule has 6 rings (SSSR count). The number of likely N-dealkylation sites (tertiary alicyclic amines) is 2. The van der Waals surface area contributed by atoms with Gasteiger partial charge in [0.15, 0.2) is 0 Å². The van der Waals surface area contributed by atoms with Crippen molar-refractivity contribution in [2.45, 2.75) is 103 Å². The maximum absolute atomic E-state index is 14.4. The van der Waals surface area contributed by atoms with Crippen LogP contribution in [0.3, 0.4) is 0 Å². The van der Waals surface area contributed by atoms with Crippen molar-refractivity contribution in [2.24, 2.45) is 9.98 Å². The molecule has 4 aliphatic heterocycles. The van der Waals surface area contributed by atoms with E-state index in [0.29, 0.717) is 12.8 Å². The largest absolute Gasteiger partial charge is 0.444 e. The average Bonchev–Trinajstić information content (AvgIpc) is 3.81. The zero-order chi connectivity index (χ0) is 34.4. The van der Waals surface area contributed by atoms with E-state index in [0.717, 1.165) is 44.8 Å². The second-order valence-electron chi connectivity index (χ2n) is 15.0. The van der Waals surface area contributed by atoms with Crippen molar-refractivity contribution in [3.63, 3.8) is 0 Å². The van der Waals surface area contributed by atoms with Crippen LogP contribution in [0, 0.1) is 0 Å². The number of hydrogen-bond acceptors (Lipinski definition) is 6. The third-order valence-electron chi connectivity index (χ3n) is 8.89. The maximum atomic E-state index is 14.4. The zero-order valence-electron chi connectivity index (χ0n) is 28.5. The molecule has 254 valence electrons. The molecule has 2 aromatic carbocycles. The lowest BCUT2D eigenvalue weighted by Gasteiger charge is -2.28. The van der Waals surface area contributed by atoms with Crippen molar-refractivity contribution in [1.82, 2.24) is 9.80 Å². The van der Waals surface area contributed by atoms with Crippen LogP contribution in [0.1, 0.15) is 78.4 Å². The van der Waals surface area contributed by atoms with E-state index < -0.39 is 47.8 Å². The molecule has 4 heterocycles. The Morgan fingerprint density at radius 3 is 1.29 bits per heavy atom. The number of carbonyl (C=O) groups excluding carboxylic acids is 2. The van der Waals surface area contributed by atoms with Gasteiger partial charge in [0.05, 0.1) is 25.2 Å². The molecule has 0 radical (unpaired) electrons. The number of ether oxygens (including phenoxy) is 2. The molecule has 2 saturated heterocycles. The Morgan fingerprint density at radius 2 is 0.958 bits per heavy atom. The van der Waals surface area contributed by atoms with Crippen LogP contribution < -0.4 is 0 Å². The highest BCUT2D eigenvalue weighted by atomic mass is 19.1. The molecule has 0 aromatic heterocycles. The van der Waals surface area contributed by atoms with E-state index >= 15 is 0 Å². The summed E-state index contributed by atoms with van der Waals surface area (Å²) in [4.78, 5) is 37.7. The highest BCUT2D eigenvalue weighted by molar-refractivity contribution is 6.04. The number of halogens is 2. The molecule has 48 heavy (non-hydrogen) atoms. The lowest BCUT2D eigenvalue weighted by Crippen LogP contribution is -2.43. The molecule has 0 saturated carbocycles. The molecule has 2 amide bonds. The van der Waals surface area contributed by atoms with Crippen LogP contribution in [0.4, 0.5) is 18.4 Å². The molecule has 2 fully saturated rings. The van der Waals surface area contributed by atoms with Gasteiger partial charge in [-0.15, -0.1) is 0 Å². The van der Waals surface area contributed by atoms with Crippen LogP contribution in [0.25, 0.3) is 22.3 Å². The van der Waals surface area contributed by atoms with Crippen molar-refractivity contribution in [3.8, 4) is 11.1 Å². The Balaban J connectivity index is 1.05. The van der Waals surface area contributed by atoms with Crippen LogP contribution in [0.15, 0.2) is 70.9 Å². The number of alkyl halides is 2. The summed E-state index contributed by atoms with van der Waals surface area (Å²) >= 11 is 0. The van der Waals surface area contributed by atoms with Gasteiger partial charge < -0.3 is 9.47 Å². The second-order valence-corrected chi connectivity index (χ2v) is 15.0. The molecular weight excluding hydrogens is 614 g/mol. The molecule has 10 heteroatoms. The first kappa shape index (κ1) is 33.6. The smallest absolute Gasteiger partial charge is 0.410 e. The quantitative estimate of drug-likeness (QED) is 0.323. The molecule has 0 aliphatic carbocycles. The summed E-state index contributed by atoms with van der Waals surface area (Å²) in [5.74, 6) is 0. The zero-order valence-corrected chi connectivity index (χ0v) is 28.5. The number of carbonyl (C=O) groups is 2. The SMILES string of the molecule is CC(C)(C)OC(=O)N1C[C@@H](F)CC1C1=NC=C(c2ccc(-c3ccc(C4=CN=C([C@@H]5C[C@H](F)CN5C(=O)OC(C)(C)C)C4)cc3)cc2)C1. The van der Waals surface area contributed by atoms with Crippen molar-refractivity contribution in [1.29, 1.82) is 0 Å². The molecule has 4 aliphatic rings. The normalized spacial score (nSPS) is 24.3. The molecule has 2 aromatic rings. The highest BCUT2D eigenvalue weighted by Gasteiger charge is 2.42.